The summed E-state index contributed by atoms with van der Waals surface area (Å²) >= 11 is 6.30. The van der Waals surface area contributed by atoms with Crippen LogP contribution in [0.5, 0.6) is 5.75 Å². The van der Waals surface area contributed by atoms with Gasteiger partial charge in [0, 0.05) is 36.8 Å². The van der Waals surface area contributed by atoms with Gasteiger partial charge in [0.15, 0.2) is 6.61 Å². The molecule has 2 amide bonds. The van der Waals surface area contributed by atoms with Gasteiger partial charge in [0.25, 0.3) is 11.8 Å². The minimum atomic E-state index is 0.00568. The molecule has 2 aliphatic rings. The van der Waals surface area contributed by atoms with Crippen LogP contribution in [0, 0.1) is 18.8 Å². The largest absolute Gasteiger partial charge is 0.483 e. The zero-order valence-corrected chi connectivity index (χ0v) is 21.7. The summed E-state index contributed by atoms with van der Waals surface area (Å²) in [5.41, 5.74) is 4.03. The quantitative estimate of drug-likeness (QED) is 0.549. The minimum absolute atomic E-state index is 0.00568. The molecule has 2 fully saturated rings. The summed E-state index contributed by atoms with van der Waals surface area (Å²) < 4.78 is 5.99. The summed E-state index contributed by atoms with van der Waals surface area (Å²) in [5, 5.41) is 11.4. The van der Waals surface area contributed by atoms with Gasteiger partial charge < -0.3 is 14.5 Å². The van der Waals surface area contributed by atoms with Crippen molar-refractivity contribution in [1.82, 2.24) is 25.2 Å². The normalized spacial score (nSPS) is 20.0. The first-order chi connectivity index (χ1) is 17.3. The molecular formula is C27H32ClN5O3. The van der Waals surface area contributed by atoms with Gasteiger partial charge in [-0.1, -0.05) is 25.4 Å². The van der Waals surface area contributed by atoms with Crippen molar-refractivity contribution in [3.63, 3.8) is 0 Å². The number of likely N-dealkylation sites (tertiary alicyclic amines) is 2. The first-order valence-corrected chi connectivity index (χ1v) is 13.0. The van der Waals surface area contributed by atoms with Crippen molar-refractivity contribution in [3.05, 3.63) is 52.0 Å². The van der Waals surface area contributed by atoms with E-state index in [1.54, 1.807) is 6.07 Å². The smallest absolute Gasteiger partial charge is 0.260 e. The van der Waals surface area contributed by atoms with Gasteiger partial charge >= 0.3 is 0 Å². The number of H-pyrrole nitrogens is 1. The van der Waals surface area contributed by atoms with Crippen LogP contribution in [0.25, 0.3) is 11.0 Å². The van der Waals surface area contributed by atoms with E-state index in [1.165, 1.54) is 0 Å². The van der Waals surface area contributed by atoms with Crippen LogP contribution in [-0.4, -0.2) is 69.8 Å². The first-order valence-electron chi connectivity index (χ1n) is 12.6. The van der Waals surface area contributed by atoms with Gasteiger partial charge in [0.05, 0.1) is 0 Å². The first kappa shape index (κ1) is 24.6. The molecule has 0 aliphatic carbocycles. The number of aryl methyl sites for hydroxylation is 1. The number of hydrogen-bond acceptors (Lipinski definition) is 5. The molecule has 36 heavy (non-hydrogen) atoms. The Kier molecular flexibility index (Phi) is 6.88. The number of ether oxygens (including phenoxy) is 1. The van der Waals surface area contributed by atoms with E-state index in [9.17, 15) is 9.59 Å². The van der Waals surface area contributed by atoms with E-state index in [0.29, 0.717) is 41.0 Å². The van der Waals surface area contributed by atoms with Crippen LogP contribution < -0.4 is 4.74 Å². The van der Waals surface area contributed by atoms with Crippen molar-refractivity contribution in [1.29, 1.82) is 0 Å². The van der Waals surface area contributed by atoms with Crippen molar-refractivity contribution in [2.24, 2.45) is 11.8 Å². The van der Waals surface area contributed by atoms with Crippen molar-refractivity contribution in [2.45, 2.75) is 39.5 Å². The second-order valence-corrected chi connectivity index (χ2v) is 10.7. The molecule has 8 nitrogen and oxygen atoms in total. The Bertz CT molecular complexity index is 1270. The molecule has 190 valence electrons. The molecule has 3 heterocycles. The molecule has 9 heteroatoms. The van der Waals surface area contributed by atoms with Gasteiger partial charge in [-0.3, -0.25) is 9.59 Å². The topological polar surface area (TPSA) is 91.4 Å². The molecule has 2 aromatic carbocycles. The predicted molar refractivity (Wildman–Crippen MR) is 138 cm³/mol. The molecule has 2 unspecified atom stereocenters. The van der Waals surface area contributed by atoms with Crippen LogP contribution in [0.2, 0.25) is 5.02 Å². The average molecular weight is 510 g/mol. The Morgan fingerprint density at radius 2 is 1.75 bits per heavy atom. The number of halogens is 1. The summed E-state index contributed by atoms with van der Waals surface area (Å²) in [5.74, 6) is 1.81. The number of fused-ring (bicyclic) bond motifs is 2. The molecule has 3 aromatic rings. The van der Waals surface area contributed by atoms with Gasteiger partial charge in [-0.25, -0.2) is 0 Å². The number of carbonyl (C=O) groups excluding carboxylic acids is 2. The lowest BCUT2D eigenvalue weighted by atomic mass is 9.92. The van der Waals surface area contributed by atoms with Crippen LogP contribution in [-0.2, 0) is 4.79 Å². The summed E-state index contributed by atoms with van der Waals surface area (Å²) in [6.07, 6.45) is 1.78. The van der Waals surface area contributed by atoms with Gasteiger partial charge in [-0.2, -0.15) is 15.4 Å². The van der Waals surface area contributed by atoms with Crippen LogP contribution in [0.3, 0.4) is 0 Å². The van der Waals surface area contributed by atoms with E-state index in [1.807, 2.05) is 41.0 Å². The highest BCUT2D eigenvalue weighted by Crippen LogP contribution is 2.34. The highest BCUT2D eigenvalue weighted by Gasteiger charge is 2.38. The predicted octanol–water partition coefficient (Wildman–Crippen LogP) is 4.43. The van der Waals surface area contributed by atoms with E-state index in [-0.39, 0.29) is 24.3 Å². The third-order valence-corrected chi connectivity index (χ3v) is 7.99. The lowest BCUT2D eigenvalue weighted by molar-refractivity contribution is -0.133. The van der Waals surface area contributed by atoms with Crippen LogP contribution >= 0.6 is 11.6 Å². The monoisotopic (exact) mass is 509 g/mol. The van der Waals surface area contributed by atoms with Gasteiger partial charge in [0.1, 0.15) is 16.8 Å². The fraction of sp³-hybridized carbons (Fsp3) is 0.481. The second kappa shape index (κ2) is 10.1. The third kappa shape index (κ3) is 4.91. The average Bonchev–Trinajstić information content (AvgIpc) is 3.45. The Morgan fingerprint density at radius 3 is 2.44 bits per heavy atom. The minimum Gasteiger partial charge on any atom is -0.483 e. The highest BCUT2D eigenvalue weighted by molar-refractivity contribution is 6.31. The molecule has 2 saturated heterocycles. The van der Waals surface area contributed by atoms with Gasteiger partial charge in [0.2, 0.25) is 0 Å². The Balaban J connectivity index is 1.17. The number of amides is 2. The number of aromatic nitrogens is 3. The lowest BCUT2D eigenvalue weighted by Gasteiger charge is -2.23. The standard InChI is InChI=1S/C27H32ClN5O3/c1-16(2)21-12-22(28)17(3)10-25(21)36-15-26(34)32-8-6-19-13-33(14-20(19)7-9-32)27(35)18-4-5-23-24(11-18)30-31-29-23/h4-5,10-12,16,19-20H,6-9,13-15H2,1-3H3,(H,29,30,31). The van der Waals surface area contributed by atoms with Crippen molar-refractivity contribution in [3.8, 4) is 5.75 Å². The molecule has 2 aliphatic heterocycles. The molecule has 5 rings (SSSR count). The number of nitrogens with one attached hydrogen (secondary N) is 1. The number of nitrogens with zero attached hydrogens (tertiary/aromatic N) is 4. The molecule has 0 bridgehead atoms. The summed E-state index contributed by atoms with van der Waals surface area (Å²) in [6.45, 7) is 8.95. The molecule has 1 aromatic heterocycles. The molecule has 0 saturated carbocycles. The maximum atomic E-state index is 13.1. The Morgan fingerprint density at radius 1 is 1.06 bits per heavy atom. The van der Waals surface area contributed by atoms with E-state index in [0.717, 1.165) is 48.3 Å². The van der Waals surface area contributed by atoms with Crippen LogP contribution in [0.1, 0.15) is 54.1 Å². The zero-order valence-electron chi connectivity index (χ0n) is 21.0. The fourth-order valence-corrected chi connectivity index (χ4v) is 5.57. The van der Waals surface area contributed by atoms with Crippen LogP contribution in [0.4, 0.5) is 0 Å². The number of rotatable bonds is 5. The Labute approximate surface area is 215 Å². The van der Waals surface area contributed by atoms with E-state index < -0.39 is 0 Å². The van der Waals surface area contributed by atoms with Crippen molar-refractivity contribution in [2.75, 3.05) is 32.8 Å². The summed E-state index contributed by atoms with van der Waals surface area (Å²) in [4.78, 5) is 30.0. The second-order valence-electron chi connectivity index (χ2n) is 10.3. The molecular weight excluding hydrogens is 478 g/mol. The number of aromatic amines is 1. The number of benzene rings is 2. The zero-order chi connectivity index (χ0) is 25.4. The SMILES string of the molecule is Cc1cc(OCC(=O)N2CCC3CN(C(=O)c4ccc5n[nH]nc5c4)CC3CC2)c(C(C)C)cc1Cl. The van der Waals surface area contributed by atoms with E-state index in [2.05, 4.69) is 29.3 Å². The number of hydrogen-bond donors (Lipinski definition) is 1. The van der Waals surface area contributed by atoms with Gasteiger partial charge in [-0.05, 0) is 79.0 Å². The maximum Gasteiger partial charge on any atom is 0.260 e. The summed E-state index contributed by atoms with van der Waals surface area (Å²) in [7, 11) is 0. The van der Waals surface area contributed by atoms with Crippen molar-refractivity contribution >= 4 is 34.4 Å². The fourth-order valence-electron chi connectivity index (χ4n) is 5.40. The number of carbonyl (C=O) groups is 2. The molecule has 0 spiro atoms. The Hall–Kier alpha value is -3.13. The van der Waals surface area contributed by atoms with Crippen LogP contribution in [0.15, 0.2) is 30.3 Å². The maximum absolute atomic E-state index is 13.1. The molecule has 1 N–H and O–H groups in total. The lowest BCUT2D eigenvalue weighted by Crippen LogP contribution is -2.37. The highest BCUT2D eigenvalue weighted by atomic mass is 35.5. The third-order valence-electron chi connectivity index (χ3n) is 7.58. The van der Waals surface area contributed by atoms with Crippen molar-refractivity contribution < 1.29 is 14.3 Å². The van der Waals surface area contributed by atoms with Gasteiger partial charge in [-0.15, -0.1) is 0 Å². The molecule has 2 atom stereocenters. The molecule has 0 radical (unpaired) electrons. The van der Waals surface area contributed by atoms with E-state index in [4.69, 9.17) is 16.3 Å². The van der Waals surface area contributed by atoms with E-state index >= 15 is 0 Å². The summed E-state index contributed by atoms with van der Waals surface area (Å²) in [6, 6.07) is 9.29.